The molecule has 0 spiro atoms. The quantitative estimate of drug-likeness (QED) is 0.595. The fourth-order valence-electron chi connectivity index (χ4n) is 0.997. The molecule has 1 rings (SSSR count). The molecule has 0 amide bonds. The van der Waals surface area contributed by atoms with E-state index in [1.807, 2.05) is 24.5 Å². The number of ether oxygens (including phenoxy) is 1. The molecule has 0 aromatic heterocycles. The van der Waals surface area contributed by atoms with Gasteiger partial charge in [0.25, 0.3) is 0 Å². The van der Waals surface area contributed by atoms with E-state index in [9.17, 15) is 0 Å². The minimum Gasteiger partial charge on any atom is -0.491 e. The van der Waals surface area contributed by atoms with Crippen molar-refractivity contribution in [3.8, 4) is 5.75 Å². The largest absolute Gasteiger partial charge is 0.491 e. The number of hydrogen-bond donors (Lipinski definition) is 1. The Kier molecular flexibility index (Phi) is 3.96. The van der Waals surface area contributed by atoms with Gasteiger partial charge in [-0.2, -0.15) is 0 Å². The maximum absolute atomic E-state index is 5.80. The Balaban J connectivity index is 2.73. The second kappa shape index (κ2) is 5.02. The van der Waals surface area contributed by atoms with E-state index < -0.39 is 0 Å². The van der Waals surface area contributed by atoms with Crippen LogP contribution in [0.3, 0.4) is 0 Å². The molecule has 2 nitrogen and oxygen atoms in total. The molecule has 0 aliphatic carbocycles. The number of rotatable bonds is 4. The van der Waals surface area contributed by atoms with E-state index in [0.717, 1.165) is 24.5 Å². The van der Waals surface area contributed by atoms with Crippen LogP contribution >= 0.6 is 11.8 Å². The third kappa shape index (κ3) is 2.84. The highest BCUT2D eigenvalue weighted by molar-refractivity contribution is 7.98. The van der Waals surface area contributed by atoms with Crippen molar-refractivity contribution < 1.29 is 4.74 Å². The molecule has 0 saturated heterocycles. The number of hydrogen-bond acceptors (Lipinski definition) is 3. The molecule has 0 atom stereocenters. The Morgan fingerprint density at radius 2 is 2.23 bits per heavy atom. The minimum atomic E-state index is 0.723. The second-order valence-corrected chi connectivity index (χ2v) is 3.63. The van der Waals surface area contributed by atoms with E-state index in [1.54, 1.807) is 11.8 Å². The summed E-state index contributed by atoms with van der Waals surface area (Å²) in [6.07, 6.45) is 3.03. The number of thioether (sulfide) groups is 1. The zero-order chi connectivity index (χ0) is 9.68. The number of nitrogen functional groups attached to an aromatic ring is 1. The summed E-state index contributed by atoms with van der Waals surface area (Å²) in [5, 5.41) is 0. The SMILES string of the molecule is CCCOc1ccc(SC)cc1N. The second-order valence-electron chi connectivity index (χ2n) is 2.75. The van der Waals surface area contributed by atoms with Crippen molar-refractivity contribution in [1.29, 1.82) is 0 Å². The molecule has 0 bridgehead atoms. The first-order valence-corrected chi connectivity index (χ1v) is 5.56. The molecule has 0 radical (unpaired) electrons. The third-order valence-corrected chi connectivity index (χ3v) is 2.40. The van der Waals surface area contributed by atoms with Crippen LogP contribution in [0.5, 0.6) is 5.75 Å². The van der Waals surface area contributed by atoms with Crippen molar-refractivity contribution in [2.75, 3.05) is 18.6 Å². The van der Waals surface area contributed by atoms with E-state index in [1.165, 1.54) is 4.90 Å². The van der Waals surface area contributed by atoms with Gasteiger partial charge in [0.1, 0.15) is 5.75 Å². The van der Waals surface area contributed by atoms with Crippen molar-refractivity contribution >= 4 is 17.4 Å². The maximum Gasteiger partial charge on any atom is 0.142 e. The van der Waals surface area contributed by atoms with Crippen LogP contribution in [0.2, 0.25) is 0 Å². The average molecular weight is 197 g/mol. The molecule has 0 aliphatic heterocycles. The van der Waals surface area contributed by atoms with Gasteiger partial charge in [-0.05, 0) is 30.9 Å². The summed E-state index contributed by atoms with van der Waals surface area (Å²) in [6, 6.07) is 5.89. The molecule has 1 aromatic carbocycles. The lowest BCUT2D eigenvalue weighted by Gasteiger charge is -2.08. The Hall–Kier alpha value is -0.830. The van der Waals surface area contributed by atoms with E-state index in [4.69, 9.17) is 10.5 Å². The van der Waals surface area contributed by atoms with Gasteiger partial charge in [0.2, 0.25) is 0 Å². The first kappa shape index (κ1) is 10.3. The van der Waals surface area contributed by atoms with Crippen LogP contribution in [-0.2, 0) is 0 Å². The highest BCUT2D eigenvalue weighted by Crippen LogP contribution is 2.26. The first-order valence-electron chi connectivity index (χ1n) is 4.34. The molecule has 13 heavy (non-hydrogen) atoms. The monoisotopic (exact) mass is 197 g/mol. The van der Waals surface area contributed by atoms with Crippen LogP contribution in [0, 0.1) is 0 Å². The van der Waals surface area contributed by atoms with Gasteiger partial charge in [-0.25, -0.2) is 0 Å². The molecule has 1 aromatic rings. The average Bonchev–Trinajstić information content (AvgIpc) is 2.16. The van der Waals surface area contributed by atoms with Crippen molar-refractivity contribution in [3.05, 3.63) is 18.2 Å². The standard InChI is InChI=1S/C10H15NOS/c1-3-6-12-10-5-4-8(13-2)7-9(10)11/h4-5,7H,3,6,11H2,1-2H3. The van der Waals surface area contributed by atoms with Crippen LogP contribution in [0.15, 0.2) is 23.1 Å². The van der Waals surface area contributed by atoms with Crippen LogP contribution in [0.4, 0.5) is 5.69 Å². The van der Waals surface area contributed by atoms with Crippen LogP contribution < -0.4 is 10.5 Å². The Bertz CT molecular complexity index is 276. The summed E-state index contributed by atoms with van der Waals surface area (Å²) < 4.78 is 5.45. The molecule has 0 unspecified atom stereocenters. The van der Waals surface area contributed by atoms with E-state index in [2.05, 4.69) is 6.92 Å². The van der Waals surface area contributed by atoms with E-state index in [0.29, 0.717) is 0 Å². The van der Waals surface area contributed by atoms with Gasteiger partial charge in [0.05, 0.1) is 12.3 Å². The molecule has 0 fully saturated rings. The predicted octanol–water partition coefficient (Wildman–Crippen LogP) is 2.78. The fraction of sp³-hybridized carbons (Fsp3) is 0.400. The van der Waals surface area contributed by atoms with Gasteiger partial charge < -0.3 is 10.5 Å². The van der Waals surface area contributed by atoms with Crippen molar-refractivity contribution in [2.45, 2.75) is 18.2 Å². The summed E-state index contributed by atoms with van der Waals surface area (Å²) in [6.45, 7) is 2.80. The normalized spacial score (nSPS) is 10.0. The first-order chi connectivity index (χ1) is 6.27. The van der Waals surface area contributed by atoms with Crippen LogP contribution in [-0.4, -0.2) is 12.9 Å². The van der Waals surface area contributed by atoms with Gasteiger partial charge in [0.15, 0.2) is 0 Å². The smallest absolute Gasteiger partial charge is 0.142 e. The molecule has 0 heterocycles. The minimum absolute atomic E-state index is 0.723. The summed E-state index contributed by atoms with van der Waals surface area (Å²) in [4.78, 5) is 1.17. The molecular weight excluding hydrogens is 182 g/mol. The Morgan fingerprint density at radius 1 is 1.46 bits per heavy atom. The summed E-state index contributed by atoms with van der Waals surface area (Å²) >= 11 is 1.68. The van der Waals surface area contributed by atoms with Gasteiger partial charge in [-0.1, -0.05) is 6.92 Å². The van der Waals surface area contributed by atoms with Gasteiger partial charge >= 0.3 is 0 Å². The van der Waals surface area contributed by atoms with Crippen molar-refractivity contribution in [3.63, 3.8) is 0 Å². The lowest BCUT2D eigenvalue weighted by atomic mass is 10.3. The Morgan fingerprint density at radius 3 is 2.77 bits per heavy atom. The lowest BCUT2D eigenvalue weighted by Crippen LogP contribution is -1.98. The zero-order valence-corrected chi connectivity index (χ0v) is 8.86. The Labute approximate surface area is 83.5 Å². The number of benzene rings is 1. The number of anilines is 1. The van der Waals surface area contributed by atoms with Gasteiger partial charge in [0, 0.05) is 4.90 Å². The molecule has 0 saturated carbocycles. The lowest BCUT2D eigenvalue weighted by molar-refractivity contribution is 0.319. The molecule has 2 N–H and O–H groups in total. The fourth-order valence-corrected chi connectivity index (χ4v) is 1.45. The molecule has 0 aliphatic rings. The van der Waals surface area contributed by atoms with Crippen LogP contribution in [0.25, 0.3) is 0 Å². The van der Waals surface area contributed by atoms with Crippen molar-refractivity contribution in [1.82, 2.24) is 0 Å². The summed E-state index contributed by atoms with van der Waals surface area (Å²) in [5.41, 5.74) is 6.52. The maximum atomic E-state index is 5.80. The van der Waals surface area contributed by atoms with E-state index >= 15 is 0 Å². The van der Waals surface area contributed by atoms with Crippen LogP contribution in [0.1, 0.15) is 13.3 Å². The van der Waals surface area contributed by atoms with Crippen molar-refractivity contribution in [2.24, 2.45) is 0 Å². The number of nitrogens with two attached hydrogens (primary N) is 1. The van der Waals surface area contributed by atoms with Gasteiger partial charge in [-0.15, -0.1) is 11.8 Å². The predicted molar refractivity (Wildman–Crippen MR) is 58.4 cm³/mol. The highest BCUT2D eigenvalue weighted by atomic mass is 32.2. The molecule has 72 valence electrons. The zero-order valence-electron chi connectivity index (χ0n) is 8.04. The summed E-state index contributed by atoms with van der Waals surface area (Å²) in [7, 11) is 0. The highest BCUT2D eigenvalue weighted by Gasteiger charge is 2.00. The third-order valence-electron chi connectivity index (χ3n) is 1.68. The van der Waals surface area contributed by atoms with Gasteiger partial charge in [-0.3, -0.25) is 0 Å². The topological polar surface area (TPSA) is 35.2 Å². The molecule has 3 heteroatoms. The molecular formula is C10H15NOS. The van der Waals surface area contributed by atoms with E-state index in [-0.39, 0.29) is 0 Å². The summed E-state index contributed by atoms with van der Waals surface area (Å²) in [5.74, 6) is 0.791.